The van der Waals surface area contributed by atoms with Crippen LogP contribution >= 0.6 is 7.82 Å². The summed E-state index contributed by atoms with van der Waals surface area (Å²) in [6.07, 6.45) is 34.4. The Morgan fingerprint density at radius 1 is 0.625 bits per heavy atom. The van der Waals surface area contributed by atoms with Crippen LogP contribution in [0.25, 0.3) is 0 Å². The minimum atomic E-state index is -5.28. The molecule has 0 aliphatic heterocycles. The molecule has 3 atom stereocenters. The molecule has 0 aliphatic rings. The van der Waals surface area contributed by atoms with E-state index >= 15 is 0 Å². The van der Waals surface area contributed by atoms with Gasteiger partial charge in [-0.05, 0) is 70.6 Å². The number of hydrogen-bond donors (Lipinski definition) is 2. The van der Waals surface area contributed by atoms with Crippen molar-refractivity contribution < 1.29 is 42.8 Å². The van der Waals surface area contributed by atoms with Crippen LogP contribution in [0.2, 0.25) is 0 Å². The van der Waals surface area contributed by atoms with Crippen LogP contribution < -0.4 is 4.89 Å². The summed E-state index contributed by atoms with van der Waals surface area (Å²) in [6.45, 7) is 5.59. The van der Waals surface area contributed by atoms with Gasteiger partial charge in [0.1, 0.15) is 18.8 Å². The second kappa shape index (κ2) is 34.7. The van der Waals surface area contributed by atoms with E-state index in [9.17, 15) is 29.3 Å². The van der Waals surface area contributed by atoms with Gasteiger partial charge in [-0.3, -0.25) is 18.7 Å². The van der Waals surface area contributed by atoms with Crippen LogP contribution in [0.4, 0.5) is 0 Å². The standard InChI is InChI=1S/C46H88NO8P/c1-7-10-12-14-16-18-20-22-24-26-28-30-32-34-36-38-43(49)46(45(51)41-48,55-56(52,53)54-42(9-3)40-47(4,5)6)44(50)39-37-35-33-31-29-27-25-23-21-19-17-15-13-11-8-2/h22-25,42,45,48,51H,7-21,26-41H2,1-6H3/b24-22-,25-23-/t42?,45-/m0/s1. The third-order valence-corrected chi connectivity index (χ3v) is 11.6. The zero-order valence-corrected chi connectivity index (χ0v) is 38.0. The van der Waals surface area contributed by atoms with Crippen LogP contribution in [0.3, 0.4) is 0 Å². The number of aliphatic hydroxyl groups excluding tert-OH is 2. The lowest BCUT2D eigenvalue weighted by Gasteiger charge is -2.40. The molecule has 0 heterocycles. The Bertz CT molecular complexity index is 1020. The van der Waals surface area contributed by atoms with E-state index in [0.29, 0.717) is 43.1 Å². The molecule has 2 unspecified atom stereocenters. The van der Waals surface area contributed by atoms with Gasteiger partial charge in [0, 0.05) is 12.8 Å². The van der Waals surface area contributed by atoms with Crippen molar-refractivity contribution >= 4 is 19.4 Å². The Morgan fingerprint density at radius 3 is 1.29 bits per heavy atom. The molecule has 0 rings (SSSR count). The quantitative estimate of drug-likeness (QED) is 0.0205. The molecule has 0 aliphatic carbocycles. The molecule has 330 valence electrons. The molecule has 0 aromatic carbocycles. The molecule has 10 heteroatoms. The number of Topliss-reactive ketones (excluding diaryl/α,β-unsaturated/α-hetero) is 2. The molecule has 56 heavy (non-hydrogen) atoms. The maximum Gasteiger partial charge on any atom is 0.269 e. The summed E-state index contributed by atoms with van der Waals surface area (Å²) in [7, 11) is 0.418. The van der Waals surface area contributed by atoms with Gasteiger partial charge >= 0.3 is 0 Å². The highest BCUT2D eigenvalue weighted by molar-refractivity contribution is 7.46. The van der Waals surface area contributed by atoms with Gasteiger partial charge in [0.15, 0.2) is 11.6 Å². The summed E-state index contributed by atoms with van der Waals surface area (Å²) >= 11 is 0. The van der Waals surface area contributed by atoms with Gasteiger partial charge in [-0.1, -0.05) is 148 Å². The van der Waals surface area contributed by atoms with E-state index in [4.69, 9.17) is 9.05 Å². The molecule has 0 saturated carbocycles. The first kappa shape index (κ1) is 54.8. The second-order valence-electron chi connectivity index (χ2n) is 17.1. The van der Waals surface area contributed by atoms with Crippen LogP contribution in [0.1, 0.15) is 207 Å². The Labute approximate surface area is 344 Å². The summed E-state index contributed by atoms with van der Waals surface area (Å²) in [5, 5.41) is 21.1. The van der Waals surface area contributed by atoms with Gasteiger partial charge in [-0.25, -0.2) is 0 Å². The third kappa shape index (κ3) is 28.3. The predicted octanol–water partition coefficient (Wildman–Crippen LogP) is 11.3. The Kier molecular flexibility index (Phi) is 33.9. The lowest BCUT2D eigenvalue weighted by molar-refractivity contribution is -0.873. The number of carbonyl (C=O) groups is 2. The van der Waals surface area contributed by atoms with Crippen molar-refractivity contribution in [2.24, 2.45) is 0 Å². The van der Waals surface area contributed by atoms with Crippen LogP contribution in [0.5, 0.6) is 0 Å². The molecule has 0 saturated heterocycles. The van der Waals surface area contributed by atoms with Crippen molar-refractivity contribution in [3.63, 3.8) is 0 Å². The number of hydrogen-bond acceptors (Lipinski definition) is 8. The Balaban J connectivity index is 5.23. The minimum Gasteiger partial charge on any atom is -0.756 e. The number of rotatable bonds is 41. The van der Waals surface area contributed by atoms with Crippen molar-refractivity contribution in [1.29, 1.82) is 0 Å². The highest BCUT2D eigenvalue weighted by Gasteiger charge is 2.54. The zero-order valence-electron chi connectivity index (χ0n) is 37.1. The average molecular weight is 814 g/mol. The van der Waals surface area contributed by atoms with Crippen molar-refractivity contribution in [3.8, 4) is 0 Å². The van der Waals surface area contributed by atoms with Gasteiger partial charge in [0.25, 0.3) is 7.82 Å². The summed E-state index contributed by atoms with van der Waals surface area (Å²) in [6, 6.07) is 0. The van der Waals surface area contributed by atoms with E-state index in [1.165, 1.54) is 77.0 Å². The summed E-state index contributed by atoms with van der Waals surface area (Å²) in [5.74, 6) is -1.65. The van der Waals surface area contributed by atoms with Gasteiger partial charge in [0.05, 0.1) is 27.7 Å². The molecule has 9 nitrogen and oxygen atoms in total. The van der Waals surface area contributed by atoms with E-state index in [1.54, 1.807) is 6.92 Å². The maximum absolute atomic E-state index is 13.9. The molecule has 0 aromatic rings. The first-order valence-corrected chi connectivity index (χ1v) is 24.4. The van der Waals surface area contributed by atoms with Gasteiger partial charge in [-0.15, -0.1) is 0 Å². The number of ketones is 2. The second-order valence-corrected chi connectivity index (χ2v) is 18.4. The van der Waals surface area contributed by atoms with E-state index in [-0.39, 0.29) is 12.8 Å². The van der Waals surface area contributed by atoms with E-state index in [0.717, 1.165) is 64.2 Å². The highest BCUT2D eigenvalue weighted by atomic mass is 31.2. The van der Waals surface area contributed by atoms with Gasteiger partial charge in [0.2, 0.25) is 5.60 Å². The molecular weight excluding hydrogens is 725 g/mol. The molecule has 0 bridgehead atoms. The number of unbranched alkanes of at least 4 members (excludes halogenated alkanes) is 22. The predicted molar refractivity (Wildman–Crippen MR) is 231 cm³/mol. The Hall–Kier alpha value is -1.19. The van der Waals surface area contributed by atoms with E-state index < -0.39 is 43.8 Å². The number of phosphoric ester groups is 1. The molecule has 0 radical (unpaired) electrons. The maximum atomic E-state index is 13.9. The Morgan fingerprint density at radius 2 is 0.964 bits per heavy atom. The summed E-state index contributed by atoms with van der Waals surface area (Å²) in [4.78, 5) is 41.2. The zero-order chi connectivity index (χ0) is 42.0. The number of phosphoric acid groups is 1. The fourth-order valence-corrected chi connectivity index (χ4v) is 8.43. The number of carbonyl (C=O) groups excluding carboxylic acids is 2. The number of nitrogens with zero attached hydrogens (tertiary/aromatic N) is 1. The van der Waals surface area contributed by atoms with Gasteiger partial charge < -0.3 is 24.1 Å². The van der Waals surface area contributed by atoms with Crippen LogP contribution in [0.15, 0.2) is 24.3 Å². The van der Waals surface area contributed by atoms with Crippen molar-refractivity contribution in [2.75, 3.05) is 34.3 Å². The number of quaternary nitrogens is 1. The lowest BCUT2D eigenvalue weighted by Crippen LogP contribution is -2.59. The average Bonchev–Trinajstić information content (AvgIpc) is 3.15. The number of likely N-dealkylation sites (N-methyl/N-ethyl adjacent to an activating group) is 1. The minimum absolute atomic E-state index is 0.149. The molecule has 2 N–H and O–H groups in total. The summed E-state index contributed by atoms with van der Waals surface area (Å²) in [5.41, 5.74) is -2.75. The molecule has 0 amide bonds. The highest BCUT2D eigenvalue weighted by Crippen LogP contribution is 2.47. The van der Waals surface area contributed by atoms with E-state index in [1.807, 2.05) is 21.1 Å². The number of allylic oxidation sites excluding steroid dienone is 4. The lowest BCUT2D eigenvalue weighted by atomic mass is 9.82. The van der Waals surface area contributed by atoms with Crippen molar-refractivity contribution in [2.45, 2.75) is 225 Å². The van der Waals surface area contributed by atoms with Crippen molar-refractivity contribution in [3.05, 3.63) is 24.3 Å². The molecule has 0 fully saturated rings. The number of aliphatic hydroxyl groups is 2. The first-order chi connectivity index (χ1) is 26.8. The normalized spacial score (nSPS) is 14.8. The third-order valence-electron chi connectivity index (χ3n) is 10.5. The molecule has 0 spiro atoms. The fourth-order valence-electron chi connectivity index (χ4n) is 7.13. The van der Waals surface area contributed by atoms with Crippen LogP contribution in [-0.2, 0) is 23.2 Å². The summed E-state index contributed by atoms with van der Waals surface area (Å²) < 4.78 is 24.7. The monoisotopic (exact) mass is 814 g/mol. The molecule has 0 aromatic heterocycles. The largest absolute Gasteiger partial charge is 0.756 e. The van der Waals surface area contributed by atoms with Crippen LogP contribution in [0, 0.1) is 0 Å². The topological polar surface area (TPSA) is 133 Å². The fraction of sp³-hybridized carbons (Fsp3) is 0.870. The molecular formula is C46H88NO8P. The van der Waals surface area contributed by atoms with E-state index in [2.05, 4.69) is 38.2 Å². The first-order valence-electron chi connectivity index (χ1n) is 23.0. The van der Waals surface area contributed by atoms with Gasteiger partial charge in [-0.2, -0.15) is 0 Å². The smallest absolute Gasteiger partial charge is 0.269 e. The van der Waals surface area contributed by atoms with Crippen molar-refractivity contribution in [1.82, 2.24) is 0 Å². The SMILES string of the molecule is CCCCCCCC/C=C\CCCCCCCC(=O)C(OP(=O)([O-])OC(CC)C[N+](C)(C)C)(C(=O)CCCCCCC/C=C\CCCCCCCC)[C@@H](O)CO. The van der Waals surface area contributed by atoms with Crippen LogP contribution in [-0.4, -0.2) is 78.4 Å².